The molecule has 1 nitrogen and oxygen atoms in total. The van der Waals surface area contributed by atoms with Crippen LogP contribution in [0.15, 0.2) is 15.2 Å². The maximum atomic E-state index is 3.49. The largest absolute Gasteiger partial charge is 0.302 e. The number of halogens is 2. The Morgan fingerprint density at radius 3 is 2.73 bits per heavy atom. The second kappa shape index (κ2) is 7.82. The van der Waals surface area contributed by atoms with Gasteiger partial charge in [0.05, 0.1) is 3.79 Å². The number of hydrogen-bond donors (Lipinski definition) is 0. The molecule has 0 atom stereocenters. The fourth-order valence-electron chi connectivity index (χ4n) is 1.47. The maximum absolute atomic E-state index is 3.49. The van der Waals surface area contributed by atoms with Gasteiger partial charge >= 0.3 is 0 Å². The Balaban J connectivity index is 2.15. The number of hydrogen-bond acceptors (Lipinski definition) is 2. The van der Waals surface area contributed by atoms with Crippen LogP contribution in [0.2, 0.25) is 0 Å². The van der Waals surface area contributed by atoms with Crippen LogP contribution in [0.25, 0.3) is 0 Å². The zero-order valence-corrected chi connectivity index (χ0v) is 13.0. The van der Waals surface area contributed by atoms with Gasteiger partial charge in [-0.25, -0.2) is 0 Å². The topological polar surface area (TPSA) is 3.24 Å². The van der Waals surface area contributed by atoms with Gasteiger partial charge in [-0.15, -0.1) is 11.3 Å². The second-order valence-corrected chi connectivity index (χ2v) is 6.83. The fourth-order valence-corrected chi connectivity index (χ4v) is 3.07. The van der Waals surface area contributed by atoms with Crippen molar-refractivity contribution in [1.82, 2.24) is 4.90 Å². The number of unbranched alkanes of at least 4 members (excludes halogenated alkanes) is 2. The normalized spacial score (nSPS) is 11.2. The fraction of sp³-hybridized carbons (Fsp3) is 0.636. The third kappa shape index (κ3) is 6.05. The van der Waals surface area contributed by atoms with Crippen molar-refractivity contribution in [3.8, 4) is 0 Å². The van der Waals surface area contributed by atoms with Crippen LogP contribution in [0, 0.1) is 0 Å². The molecule has 0 aromatic carbocycles. The highest BCUT2D eigenvalue weighted by Crippen LogP contribution is 2.21. The van der Waals surface area contributed by atoms with Crippen molar-refractivity contribution >= 4 is 43.2 Å². The summed E-state index contributed by atoms with van der Waals surface area (Å²) in [7, 11) is 2.19. The number of rotatable bonds is 7. The molecule has 0 saturated heterocycles. The molecule has 0 fully saturated rings. The standard InChI is InChI=1S/C11H17Br2NS/c1-14(6-4-2-3-5-12)8-10-7-11(13)15-9-10/h7,9H,2-6,8H2,1H3. The Morgan fingerprint density at radius 1 is 1.33 bits per heavy atom. The van der Waals surface area contributed by atoms with E-state index < -0.39 is 0 Å². The van der Waals surface area contributed by atoms with E-state index in [2.05, 4.69) is 55.3 Å². The first kappa shape index (κ1) is 13.7. The Morgan fingerprint density at radius 2 is 2.13 bits per heavy atom. The molecule has 0 radical (unpaired) electrons. The molecule has 0 aliphatic rings. The van der Waals surface area contributed by atoms with Crippen molar-refractivity contribution in [3.63, 3.8) is 0 Å². The first-order chi connectivity index (χ1) is 7.22. The molecular formula is C11H17Br2NS. The number of nitrogens with zero attached hydrogens (tertiary/aromatic N) is 1. The Labute approximate surface area is 113 Å². The first-order valence-electron chi connectivity index (χ1n) is 5.20. The molecule has 0 N–H and O–H groups in total. The first-order valence-corrected chi connectivity index (χ1v) is 7.99. The molecule has 0 aliphatic heterocycles. The molecular weight excluding hydrogens is 338 g/mol. The van der Waals surface area contributed by atoms with Crippen molar-refractivity contribution in [2.24, 2.45) is 0 Å². The highest BCUT2D eigenvalue weighted by Gasteiger charge is 2.02. The molecule has 1 aromatic heterocycles. The molecule has 0 bridgehead atoms. The molecule has 15 heavy (non-hydrogen) atoms. The van der Waals surface area contributed by atoms with E-state index in [1.54, 1.807) is 11.3 Å². The molecule has 0 saturated carbocycles. The lowest BCUT2D eigenvalue weighted by Gasteiger charge is -2.15. The van der Waals surface area contributed by atoms with Gasteiger partial charge in [0.15, 0.2) is 0 Å². The highest BCUT2D eigenvalue weighted by atomic mass is 79.9. The smallest absolute Gasteiger partial charge is 0.0701 e. The lowest BCUT2D eigenvalue weighted by molar-refractivity contribution is 0.319. The molecule has 0 unspecified atom stereocenters. The van der Waals surface area contributed by atoms with Gasteiger partial charge in [0.25, 0.3) is 0 Å². The number of alkyl halides is 1. The summed E-state index contributed by atoms with van der Waals surface area (Å²) < 4.78 is 1.23. The average molecular weight is 355 g/mol. The van der Waals surface area contributed by atoms with E-state index in [0.29, 0.717) is 0 Å². The van der Waals surface area contributed by atoms with Crippen molar-refractivity contribution in [2.45, 2.75) is 25.8 Å². The summed E-state index contributed by atoms with van der Waals surface area (Å²) in [5.74, 6) is 0. The van der Waals surface area contributed by atoms with Gasteiger partial charge in [-0.2, -0.15) is 0 Å². The summed E-state index contributed by atoms with van der Waals surface area (Å²) in [5, 5.41) is 3.35. The van der Waals surface area contributed by atoms with Gasteiger partial charge in [-0.05, 0) is 59.4 Å². The van der Waals surface area contributed by atoms with Gasteiger partial charge in [0.1, 0.15) is 0 Å². The molecule has 1 heterocycles. The summed E-state index contributed by atoms with van der Waals surface area (Å²) in [5.41, 5.74) is 1.41. The van der Waals surface area contributed by atoms with Gasteiger partial charge in [-0.3, -0.25) is 0 Å². The van der Waals surface area contributed by atoms with Crippen molar-refractivity contribution in [1.29, 1.82) is 0 Å². The molecule has 1 rings (SSSR count). The quantitative estimate of drug-likeness (QED) is 0.514. The Kier molecular flexibility index (Phi) is 7.14. The predicted octanol–water partition coefficient (Wildman–Crippen LogP) is 4.51. The third-order valence-electron chi connectivity index (χ3n) is 2.25. The van der Waals surface area contributed by atoms with Crippen LogP contribution in [0.5, 0.6) is 0 Å². The highest BCUT2D eigenvalue weighted by molar-refractivity contribution is 9.11. The molecule has 86 valence electrons. The minimum atomic E-state index is 1.07. The van der Waals surface area contributed by atoms with Gasteiger partial charge in [-0.1, -0.05) is 22.4 Å². The summed E-state index contributed by atoms with van der Waals surface area (Å²) >= 11 is 8.71. The number of thiophene rings is 1. The van der Waals surface area contributed by atoms with Gasteiger partial charge < -0.3 is 4.90 Å². The van der Waals surface area contributed by atoms with Crippen LogP contribution in [0.3, 0.4) is 0 Å². The third-order valence-corrected chi connectivity index (χ3v) is 4.36. The van der Waals surface area contributed by atoms with E-state index in [-0.39, 0.29) is 0 Å². The zero-order valence-electron chi connectivity index (χ0n) is 9.01. The van der Waals surface area contributed by atoms with E-state index in [1.807, 2.05) is 0 Å². The van der Waals surface area contributed by atoms with Crippen LogP contribution in [-0.4, -0.2) is 23.8 Å². The summed E-state index contributed by atoms with van der Waals surface area (Å²) in [6, 6.07) is 2.21. The second-order valence-electron chi connectivity index (χ2n) is 3.75. The monoisotopic (exact) mass is 353 g/mol. The molecule has 1 aromatic rings. The van der Waals surface area contributed by atoms with E-state index in [0.717, 1.165) is 11.9 Å². The predicted molar refractivity (Wildman–Crippen MR) is 76.0 cm³/mol. The Hall–Kier alpha value is 0.620. The van der Waals surface area contributed by atoms with Crippen LogP contribution in [0.4, 0.5) is 0 Å². The zero-order chi connectivity index (χ0) is 11.1. The maximum Gasteiger partial charge on any atom is 0.0701 e. The summed E-state index contributed by atoms with van der Waals surface area (Å²) in [6.07, 6.45) is 3.91. The lowest BCUT2D eigenvalue weighted by atomic mass is 10.2. The molecule has 4 heteroatoms. The van der Waals surface area contributed by atoms with Crippen molar-refractivity contribution < 1.29 is 0 Å². The molecule has 0 amide bonds. The van der Waals surface area contributed by atoms with Crippen molar-refractivity contribution in [3.05, 3.63) is 20.8 Å². The summed E-state index contributed by atoms with van der Waals surface area (Å²) in [4.78, 5) is 2.39. The van der Waals surface area contributed by atoms with Gasteiger partial charge in [0.2, 0.25) is 0 Å². The lowest BCUT2D eigenvalue weighted by Crippen LogP contribution is -2.18. The molecule has 0 spiro atoms. The van der Waals surface area contributed by atoms with E-state index in [9.17, 15) is 0 Å². The van der Waals surface area contributed by atoms with Gasteiger partial charge in [0, 0.05) is 11.9 Å². The van der Waals surface area contributed by atoms with Crippen LogP contribution in [0.1, 0.15) is 24.8 Å². The SMILES string of the molecule is CN(CCCCCBr)Cc1csc(Br)c1. The minimum absolute atomic E-state index is 1.07. The van der Waals surface area contributed by atoms with E-state index in [4.69, 9.17) is 0 Å². The molecule has 0 aliphatic carbocycles. The van der Waals surface area contributed by atoms with Crippen LogP contribution >= 0.6 is 43.2 Å². The van der Waals surface area contributed by atoms with Crippen LogP contribution in [-0.2, 0) is 6.54 Å². The summed E-state index contributed by atoms with van der Waals surface area (Å²) in [6.45, 7) is 2.26. The van der Waals surface area contributed by atoms with Crippen molar-refractivity contribution in [2.75, 3.05) is 18.9 Å². The minimum Gasteiger partial charge on any atom is -0.302 e. The Bertz CT molecular complexity index is 275. The van der Waals surface area contributed by atoms with E-state index in [1.165, 1.54) is 35.2 Å². The average Bonchev–Trinajstić information content (AvgIpc) is 2.59. The van der Waals surface area contributed by atoms with Crippen LogP contribution < -0.4 is 0 Å². The van der Waals surface area contributed by atoms with E-state index >= 15 is 0 Å².